The fraction of sp³-hybridized carbons (Fsp3) is 0.0625. The number of nitrogens with zero attached hydrogens (tertiary/aromatic N) is 3. The van der Waals surface area contributed by atoms with Gasteiger partial charge < -0.3 is 10.5 Å². The van der Waals surface area contributed by atoms with Crippen LogP contribution in [0.3, 0.4) is 0 Å². The summed E-state index contributed by atoms with van der Waals surface area (Å²) >= 11 is 0. The zero-order chi connectivity index (χ0) is 15.2. The number of nitrogens with two attached hydrogens (primary N) is 1. The van der Waals surface area contributed by atoms with Gasteiger partial charge in [-0.3, -0.25) is 0 Å². The van der Waals surface area contributed by atoms with E-state index in [0.717, 1.165) is 5.56 Å². The highest BCUT2D eigenvalue weighted by Crippen LogP contribution is 2.23. The lowest BCUT2D eigenvalue weighted by Gasteiger charge is -2.06. The van der Waals surface area contributed by atoms with Gasteiger partial charge in [0, 0.05) is 6.07 Å². The number of ether oxygens (including phenoxy) is 1. The van der Waals surface area contributed by atoms with Gasteiger partial charge in [0.15, 0.2) is 16.9 Å². The molecule has 6 nitrogen and oxygen atoms in total. The molecular formula is C16H15N5O. The van der Waals surface area contributed by atoms with Crippen molar-refractivity contribution in [2.45, 2.75) is 6.61 Å². The molecular weight excluding hydrogens is 278 g/mol. The van der Waals surface area contributed by atoms with E-state index >= 15 is 0 Å². The predicted octanol–water partition coefficient (Wildman–Crippen LogP) is 2.64. The molecule has 3 rings (SSSR count). The standard InChI is InChI=1S/C16H15N5O/c17-14-10-13(15-16(18-14)20-21-19-15)22-11-12-8-6-4-2-1-3-5-7-9-12/h1-10H,11H2,(H3,17,18,19,20,21). The lowest BCUT2D eigenvalue weighted by atomic mass is 10.2. The fourth-order valence-electron chi connectivity index (χ4n) is 1.93. The largest absolute Gasteiger partial charge is 0.486 e. The lowest BCUT2D eigenvalue weighted by Crippen LogP contribution is -1.98. The van der Waals surface area contributed by atoms with E-state index in [-0.39, 0.29) is 0 Å². The summed E-state index contributed by atoms with van der Waals surface area (Å²) in [7, 11) is 0. The molecule has 2 aromatic heterocycles. The monoisotopic (exact) mass is 293 g/mol. The average Bonchev–Trinajstić information content (AvgIpc) is 2.99. The highest BCUT2D eigenvalue weighted by Gasteiger charge is 2.09. The van der Waals surface area contributed by atoms with Crippen molar-refractivity contribution in [1.29, 1.82) is 0 Å². The molecule has 0 fully saturated rings. The van der Waals surface area contributed by atoms with E-state index in [1.54, 1.807) is 6.07 Å². The Morgan fingerprint density at radius 2 is 1.68 bits per heavy atom. The number of pyridine rings is 1. The van der Waals surface area contributed by atoms with Gasteiger partial charge in [-0.2, -0.15) is 0 Å². The van der Waals surface area contributed by atoms with Crippen LogP contribution in [-0.2, 0) is 6.61 Å². The minimum atomic E-state index is 0.358. The fourth-order valence-corrected chi connectivity index (χ4v) is 1.93. The molecule has 0 saturated heterocycles. The minimum Gasteiger partial charge on any atom is -0.486 e. The Labute approximate surface area is 127 Å². The first-order valence-corrected chi connectivity index (χ1v) is 6.80. The average molecular weight is 293 g/mol. The van der Waals surface area contributed by atoms with Crippen LogP contribution in [0.25, 0.3) is 11.2 Å². The second-order valence-corrected chi connectivity index (χ2v) is 4.60. The third-order valence-electron chi connectivity index (χ3n) is 2.97. The number of anilines is 1. The van der Waals surface area contributed by atoms with Crippen LogP contribution in [0, 0.1) is 0 Å². The quantitative estimate of drug-likeness (QED) is 0.774. The van der Waals surface area contributed by atoms with E-state index < -0.39 is 0 Å². The summed E-state index contributed by atoms with van der Waals surface area (Å²) in [5, 5.41) is 10.4. The molecule has 3 aromatic rings. The summed E-state index contributed by atoms with van der Waals surface area (Å²) in [5.41, 5.74) is 7.85. The predicted molar refractivity (Wildman–Crippen MR) is 84.5 cm³/mol. The maximum atomic E-state index is 5.83. The second kappa shape index (κ2) is 6.53. The minimum absolute atomic E-state index is 0.358. The number of rotatable bonds is 3. The molecule has 0 aliphatic rings. The Kier molecular flexibility index (Phi) is 4.10. The highest BCUT2D eigenvalue weighted by atomic mass is 16.5. The first kappa shape index (κ1) is 13.8. The summed E-state index contributed by atoms with van der Waals surface area (Å²) < 4.78 is 5.83. The number of nitrogens with one attached hydrogen (secondary N) is 1. The SMILES string of the molecule is Nc1cc(OCc2ccccccccc2)c2nn[nH]c2n1. The van der Waals surface area contributed by atoms with Gasteiger partial charge in [-0.1, -0.05) is 59.8 Å². The summed E-state index contributed by atoms with van der Waals surface area (Å²) in [6.45, 7) is 0.393. The Hall–Kier alpha value is -3.15. The van der Waals surface area contributed by atoms with Crippen molar-refractivity contribution in [2.24, 2.45) is 0 Å². The highest BCUT2D eigenvalue weighted by molar-refractivity contribution is 5.78. The van der Waals surface area contributed by atoms with Crippen LogP contribution >= 0.6 is 0 Å². The molecule has 22 heavy (non-hydrogen) atoms. The van der Waals surface area contributed by atoms with Gasteiger partial charge in [0.25, 0.3) is 0 Å². The van der Waals surface area contributed by atoms with Crippen molar-refractivity contribution in [1.82, 2.24) is 20.4 Å². The van der Waals surface area contributed by atoms with Gasteiger partial charge in [-0.05, 0) is 5.56 Å². The Bertz CT molecular complexity index is 804. The second-order valence-electron chi connectivity index (χ2n) is 4.60. The molecule has 3 N–H and O–H groups in total. The van der Waals surface area contributed by atoms with Crippen LogP contribution in [0.1, 0.15) is 5.56 Å². The van der Waals surface area contributed by atoms with Gasteiger partial charge in [0.1, 0.15) is 12.4 Å². The Morgan fingerprint density at radius 1 is 1.00 bits per heavy atom. The molecule has 0 unspecified atom stereocenters. The third kappa shape index (κ3) is 3.29. The van der Waals surface area contributed by atoms with E-state index in [1.807, 2.05) is 54.6 Å². The van der Waals surface area contributed by atoms with Crippen LogP contribution in [0.15, 0.2) is 60.7 Å². The van der Waals surface area contributed by atoms with Crippen LogP contribution < -0.4 is 10.5 Å². The van der Waals surface area contributed by atoms with Crippen molar-refractivity contribution in [3.63, 3.8) is 0 Å². The molecule has 0 aliphatic heterocycles. The van der Waals surface area contributed by atoms with Crippen molar-refractivity contribution >= 4 is 17.0 Å². The molecule has 0 atom stereocenters. The third-order valence-corrected chi connectivity index (χ3v) is 2.97. The molecule has 1 aromatic carbocycles. The number of aromatic amines is 1. The zero-order valence-corrected chi connectivity index (χ0v) is 11.8. The number of aromatic nitrogens is 4. The van der Waals surface area contributed by atoms with Crippen LogP contribution in [0.2, 0.25) is 0 Å². The summed E-state index contributed by atoms with van der Waals surface area (Å²) in [5.74, 6) is 0.916. The molecule has 0 saturated carbocycles. The van der Waals surface area contributed by atoms with E-state index in [1.165, 1.54) is 0 Å². The number of nitrogen functional groups attached to an aromatic ring is 1. The summed E-state index contributed by atoms with van der Waals surface area (Å²) in [6, 6.07) is 19.4. The number of hydrogen-bond donors (Lipinski definition) is 2. The first-order valence-electron chi connectivity index (χ1n) is 6.80. The van der Waals surface area contributed by atoms with E-state index in [4.69, 9.17) is 10.5 Å². The summed E-state index contributed by atoms with van der Waals surface area (Å²) in [6.07, 6.45) is 0. The van der Waals surface area contributed by atoms with E-state index in [2.05, 4.69) is 20.4 Å². The maximum Gasteiger partial charge on any atom is 0.181 e. The smallest absolute Gasteiger partial charge is 0.181 e. The Balaban J connectivity index is 1.86. The van der Waals surface area contributed by atoms with Gasteiger partial charge in [0.05, 0.1) is 0 Å². The Morgan fingerprint density at radius 3 is 2.41 bits per heavy atom. The van der Waals surface area contributed by atoms with E-state index in [0.29, 0.717) is 29.3 Å². The van der Waals surface area contributed by atoms with Crippen molar-refractivity contribution in [3.05, 3.63) is 66.2 Å². The first-order chi connectivity index (χ1) is 10.8. The molecule has 0 radical (unpaired) electrons. The molecule has 0 aliphatic carbocycles. The van der Waals surface area contributed by atoms with Gasteiger partial charge in [-0.25, -0.2) is 10.1 Å². The van der Waals surface area contributed by atoms with Crippen LogP contribution in [0.4, 0.5) is 5.82 Å². The van der Waals surface area contributed by atoms with Gasteiger partial charge >= 0.3 is 0 Å². The van der Waals surface area contributed by atoms with Crippen molar-refractivity contribution < 1.29 is 4.74 Å². The molecule has 0 amide bonds. The van der Waals surface area contributed by atoms with Crippen molar-refractivity contribution in [3.8, 4) is 5.75 Å². The topological polar surface area (TPSA) is 89.7 Å². The molecule has 0 spiro atoms. The van der Waals surface area contributed by atoms with Crippen LogP contribution in [0.5, 0.6) is 5.75 Å². The molecule has 2 heterocycles. The number of hydrogen-bond acceptors (Lipinski definition) is 5. The lowest BCUT2D eigenvalue weighted by molar-refractivity contribution is 0.309. The maximum absolute atomic E-state index is 5.83. The zero-order valence-electron chi connectivity index (χ0n) is 11.8. The summed E-state index contributed by atoms with van der Waals surface area (Å²) in [4.78, 5) is 4.10. The molecule has 110 valence electrons. The molecule has 0 bridgehead atoms. The normalized spacial score (nSPS) is 10.2. The molecule has 6 heteroatoms. The van der Waals surface area contributed by atoms with Crippen LogP contribution in [-0.4, -0.2) is 20.4 Å². The number of H-pyrrole nitrogens is 1. The number of fused-ring (bicyclic) bond motifs is 1. The van der Waals surface area contributed by atoms with Gasteiger partial charge in [0.2, 0.25) is 0 Å². The van der Waals surface area contributed by atoms with Gasteiger partial charge in [-0.15, -0.1) is 5.10 Å². The van der Waals surface area contributed by atoms with Crippen molar-refractivity contribution in [2.75, 3.05) is 5.73 Å². The van der Waals surface area contributed by atoms with E-state index in [9.17, 15) is 0 Å².